The zero-order chi connectivity index (χ0) is 20.1. The topological polar surface area (TPSA) is 100 Å². The Bertz CT molecular complexity index is 1080. The molecule has 0 bridgehead atoms. The lowest BCUT2D eigenvalue weighted by molar-refractivity contribution is -0.121. The molecule has 2 aromatic heterocycles. The molecule has 9 nitrogen and oxygen atoms in total. The van der Waals surface area contributed by atoms with Crippen molar-refractivity contribution in [3.63, 3.8) is 0 Å². The van der Waals surface area contributed by atoms with Crippen molar-refractivity contribution in [1.82, 2.24) is 24.0 Å². The van der Waals surface area contributed by atoms with Crippen LogP contribution in [0.5, 0.6) is 0 Å². The van der Waals surface area contributed by atoms with Crippen LogP contribution >= 0.6 is 0 Å². The fraction of sp³-hybridized carbons (Fsp3) is 0.368. The third kappa shape index (κ3) is 4.20. The molecule has 0 fully saturated rings. The first-order chi connectivity index (χ1) is 13.5. The minimum Gasteiger partial charge on any atom is -0.377 e. The summed E-state index contributed by atoms with van der Waals surface area (Å²) < 4.78 is 9.28. The quantitative estimate of drug-likeness (QED) is 0.557. The second kappa shape index (κ2) is 8.66. The molecule has 148 valence electrons. The molecule has 0 aliphatic heterocycles. The normalized spacial score (nSPS) is 11.1. The second-order valence-corrected chi connectivity index (χ2v) is 6.50. The molecule has 1 amide bonds. The van der Waals surface area contributed by atoms with Gasteiger partial charge < -0.3 is 14.6 Å². The van der Waals surface area contributed by atoms with Gasteiger partial charge in [-0.15, -0.1) is 0 Å². The maximum Gasteiger partial charge on any atom is 0.332 e. The minimum absolute atomic E-state index is 0.282. The molecule has 1 aromatic carbocycles. The lowest BCUT2D eigenvalue weighted by Gasteiger charge is -2.09. The number of amides is 1. The number of hydrogen-bond donors (Lipinski definition) is 1. The molecule has 0 atom stereocenters. The van der Waals surface area contributed by atoms with E-state index in [9.17, 15) is 14.4 Å². The number of fused-ring (bicyclic) bond motifs is 1. The molecular formula is C19H23N5O4. The number of aryl methyl sites for hydroxylation is 2. The number of aromatic nitrogens is 4. The smallest absolute Gasteiger partial charge is 0.332 e. The first-order valence-corrected chi connectivity index (χ1v) is 8.98. The van der Waals surface area contributed by atoms with Crippen molar-refractivity contribution in [2.75, 3.05) is 13.2 Å². The highest BCUT2D eigenvalue weighted by molar-refractivity contribution is 5.76. The van der Waals surface area contributed by atoms with E-state index in [-0.39, 0.29) is 12.1 Å². The van der Waals surface area contributed by atoms with Gasteiger partial charge in [-0.25, -0.2) is 14.3 Å². The van der Waals surface area contributed by atoms with Crippen molar-refractivity contribution in [2.24, 2.45) is 14.1 Å². The Balaban J connectivity index is 1.52. The summed E-state index contributed by atoms with van der Waals surface area (Å²) in [6, 6.07) is 9.82. The molecule has 0 radical (unpaired) electrons. The van der Waals surface area contributed by atoms with Crippen LogP contribution in [-0.2, 0) is 36.8 Å². The summed E-state index contributed by atoms with van der Waals surface area (Å²) in [5.41, 5.74) is 0.568. The molecule has 0 aliphatic carbocycles. The van der Waals surface area contributed by atoms with Gasteiger partial charge in [0.25, 0.3) is 5.56 Å². The molecule has 0 spiro atoms. The van der Waals surface area contributed by atoms with E-state index < -0.39 is 17.2 Å². The molecule has 2 heterocycles. The van der Waals surface area contributed by atoms with Crippen molar-refractivity contribution < 1.29 is 9.53 Å². The van der Waals surface area contributed by atoms with Crippen LogP contribution in [0.25, 0.3) is 11.2 Å². The van der Waals surface area contributed by atoms with Gasteiger partial charge in [-0.3, -0.25) is 14.2 Å². The largest absolute Gasteiger partial charge is 0.377 e. The molecule has 3 rings (SSSR count). The van der Waals surface area contributed by atoms with Crippen LogP contribution in [0, 0.1) is 0 Å². The van der Waals surface area contributed by atoms with E-state index in [2.05, 4.69) is 10.3 Å². The van der Waals surface area contributed by atoms with Crippen LogP contribution in [0.2, 0.25) is 0 Å². The van der Waals surface area contributed by atoms with Crippen LogP contribution in [-0.4, -0.2) is 37.7 Å². The van der Waals surface area contributed by atoms with Gasteiger partial charge in [0.2, 0.25) is 5.91 Å². The molecule has 0 aliphatic rings. The monoisotopic (exact) mass is 385 g/mol. The molecule has 1 N–H and O–H groups in total. The number of ether oxygens (including phenoxy) is 1. The van der Waals surface area contributed by atoms with Crippen LogP contribution in [0.1, 0.15) is 12.0 Å². The highest BCUT2D eigenvalue weighted by atomic mass is 16.5. The third-order valence-corrected chi connectivity index (χ3v) is 4.40. The Morgan fingerprint density at radius 3 is 2.68 bits per heavy atom. The van der Waals surface area contributed by atoms with Gasteiger partial charge in [-0.05, 0) is 12.0 Å². The van der Waals surface area contributed by atoms with Gasteiger partial charge in [0.05, 0.1) is 12.9 Å². The van der Waals surface area contributed by atoms with Crippen molar-refractivity contribution >= 4 is 17.1 Å². The summed E-state index contributed by atoms with van der Waals surface area (Å²) in [6.45, 7) is 1.08. The highest BCUT2D eigenvalue weighted by Gasteiger charge is 2.16. The van der Waals surface area contributed by atoms with Gasteiger partial charge in [-0.2, -0.15) is 0 Å². The van der Waals surface area contributed by atoms with E-state index in [0.29, 0.717) is 31.8 Å². The molecule has 28 heavy (non-hydrogen) atoms. The predicted molar refractivity (Wildman–Crippen MR) is 104 cm³/mol. The fourth-order valence-corrected chi connectivity index (χ4v) is 2.90. The van der Waals surface area contributed by atoms with E-state index in [1.165, 1.54) is 22.5 Å². The van der Waals surface area contributed by atoms with Gasteiger partial charge in [0.15, 0.2) is 11.2 Å². The Morgan fingerprint density at radius 1 is 1.18 bits per heavy atom. The van der Waals surface area contributed by atoms with E-state index in [0.717, 1.165) is 10.1 Å². The fourth-order valence-electron chi connectivity index (χ4n) is 2.90. The zero-order valence-electron chi connectivity index (χ0n) is 15.9. The third-order valence-electron chi connectivity index (χ3n) is 4.40. The van der Waals surface area contributed by atoms with E-state index in [1.807, 2.05) is 30.3 Å². The Kier molecular flexibility index (Phi) is 6.05. The summed E-state index contributed by atoms with van der Waals surface area (Å²) in [5.74, 6) is -0.399. The van der Waals surface area contributed by atoms with Crippen LogP contribution in [0.15, 0.2) is 46.2 Å². The van der Waals surface area contributed by atoms with E-state index in [1.54, 1.807) is 7.05 Å². The van der Waals surface area contributed by atoms with Gasteiger partial charge in [0.1, 0.15) is 6.54 Å². The van der Waals surface area contributed by atoms with Gasteiger partial charge in [-0.1, -0.05) is 30.3 Å². The van der Waals surface area contributed by atoms with E-state index >= 15 is 0 Å². The van der Waals surface area contributed by atoms with Crippen molar-refractivity contribution in [3.05, 3.63) is 63.1 Å². The molecule has 0 saturated heterocycles. The summed E-state index contributed by atoms with van der Waals surface area (Å²) in [6.07, 6.45) is 2.09. The maximum absolute atomic E-state index is 12.6. The molecule has 0 unspecified atom stereocenters. The molecule has 9 heteroatoms. The van der Waals surface area contributed by atoms with Crippen molar-refractivity contribution in [3.8, 4) is 0 Å². The minimum atomic E-state index is -0.572. The summed E-state index contributed by atoms with van der Waals surface area (Å²) in [7, 11) is 3.19. The van der Waals surface area contributed by atoms with Crippen molar-refractivity contribution in [2.45, 2.75) is 19.6 Å². The van der Waals surface area contributed by atoms with Crippen LogP contribution in [0.4, 0.5) is 0 Å². The average molecular weight is 385 g/mol. The number of carbonyl (C=O) groups excluding carboxylic acids is 1. The number of nitrogens with zero attached hydrogens (tertiary/aromatic N) is 4. The predicted octanol–water partition coefficient (Wildman–Crippen LogP) is 0.157. The van der Waals surface area contributed by atoms with E-state index in [4.69, 9.17) is 4.74 Å². The Labute approximate surface area is 161 Å². The summed E-state index contributed by atoms with van der Waals surface area (Å²) in [5, 5.41) is 2.71. The first-order valence-electron chi connectivity index (χ1n) is 8.98. The first kappa shape index (κ1) is 19.6. The van der Waals surface area contributed by atoms with Crippen molar-refractivity contribution in [1.29, 1.82) is 0 Å². The number of nitrogens with one attached hydrogen (secondary N) is 1. The zero-order valence-corrected chi connectivity index (χ0v) is 15.9. The standard InChI is InChI=1S/C19H23N5O4/c1-22-13-21-17-16(22)18(26)24(19(27)23(17)2)11-15(25)20-9-6-10-28-12-14-7-4-3-5-8-14/h3-5,7-8,13H,6,9-12H2,1-2H3,(H,20,25). The number of carbonyl (C=O) groups is 1. The van der Waals surface area contributed by atoms with Crippen LogP contribution in [0.3, 0.4) is 0 Å². The lowest BCUT2D eigenvalue weighted by Crippen LogP contribution is -2.43. The number of benzene rings is 1. The molecular weight excluding hydrogens is 362 g/mol. The SMILES string of the molecule is Cn1cnc2c1c(=O)n(CC(=O)NCCCOCc1ccccc1)c(=O)n2C. The summed E-state index contributed by atoms with van der Waals surface area (Å²) >= 11 is 0. The average Bonchev–Trinajstić information content (AvgIpc) is 3.09. The number of imidazole rings is 1. The lowest BCUT2D eigenvalue weighted by atomic mass is 10.2. The Hall–Kier alpha value is -3.20. The number of hydrogen-bond acceptors (Lipinski definition) is 5. The highest BCUT2D eigenvalue weighted by Crippen LogP contribution is 2.03. The Morgan fingerprint density at radius 2 is 1.93 bits per heavy atom. The van der Waals surface area contributed by atoms with Gasteiger partial charge in [0, 0.05) is 27.2 Å². The van der Waals surface area contributed by atoms with Crippen LogP contribution < -0.4 is 16.6 Å². The maximum atomic E-state index is 12.6. The molecule has 0 saturated carbocycles. The summed E-state index contributed by atoms with van der Waals surface area (Å²) in [4.78, 5) is 41.1. The number of rotatable bonds is 8. The second-order valence-electron chi connectivity index (χ2n) is 6.50. The molecule has 3 aromatic rings. The van der Waals surface area contributed by atoms with Gasteiger partial charge >= 0.3 is 5.69 Å².